The summed E-state index contributed by atoms with van der Waals surface area (Å²) in [5, 5.41) is 0.598. The smallest absolute Gasteiger partial charge is 0.284 e. The predicted octanol–water partition coefficient (Wildman–Crippen LogP) is 4.08. The highest BCUT2D eigenvalue weighted by Gasteiger charge is 2.14. The van der Waals surface area contributed by atoms with Gasteiger partial charge in [-0.2, -0.15) is 0 Å². The highest BCUT2D eigenvalue weighted by atomic mass is 35.5. The van der Waals surface area contributed by atoms with E-state index in [4.69, 9.17) is 25.9 Å². The first-order valence-electron chi connectivity index (χ1n) is 8.44. The molecule has 1 N–H and O–H groups in total. The molecule has 2 aromatic carbocycles. The molecule has 8 heteroatoms. The minimum atomic E-state index is -0.727. The lowest BCUT2D eigenvalue weighted by Crippen LogP contribution is -2.36. The third kappa shape index (κ3) is 5.18. The summed E-state index contributed by atoms with van der Waals surface area (Å²) in [5.74, 6) is 1.03. The molecule has 0 spiro atoms. The third-order valence-corrected chi connectivity index (χ3v) is 3.82. The maximum absolute atomic E-state index is 11.8. The van der Waals surface area contributed by atoms with Crippen LogP contribution in [-0.2, 0) is 9.63 Å². The molecule has 144 valence electrons. The number of carbonyl (C=O) groups is 1. The summed E-state index contributed by atoms with van der Waals surface area (Å²) < 4.78 is 11.3. The van der Waals surface area contributed by atoms with Crippen molar-refractivity contribution in [2.45, 2.75) is 13.0 Å². The van der Waals surface area contributed by atoms with Crippen molar-refractivity contribution in [1.29, 1.82) is 0 Å². The minimum Gasteiger partial charge on any atom is -0.481 e. The van der Waals surface area contributed by atoms with Crippen LogP contribution in [0.4, 0.5) is 0 Å². The predicted molar refractivity (Wildman–Crippen MR) is 105 cm³/mol. The van der Waals surface area contributed by atoms with Gasteiger partial charge >= 0.3 is 0 Å². The molecule has 1 amide bonds. The lowest BCUT2D eigenvalue weighted by atomic mass is 10.3. The lowest BCUT2D eigenvalue weighted by Gasteiger charge is -2.14. The van der Waals surface area contributed by atoms with Crippen LogP contribution in [0.1, 0.15) is 6.92 Å². The van der Waals surface area contributed by atoms with E-state index in [2.05, 4.69) is 22.0 Å². The van der Waals surface area contributed by atoms with Gasteiger partial charge in [0.15, 0.2) is 6.10 Å². The van der Waals surface area contributed by atoms with Crippen molar-refractivity contribution in [2.75, 3.05) is 6.61 Å². The van der Waals surface area contributed by atoms with E-state index in [1.807, 2.05) is 0 Å². The van der Waals surface area contributed by atoms with Crippen molar-refractivity contribution in [2.24, 2.45) is 0 Å². The first-order chi connectivity index (χ1) is 13.5. The minimum absolute atomic E-state index is 0.217. The Balaban J connectivity index is 1.60. The summed E-state index contributed by atoms with van der Waals surface area (Å²) in [6.45, 7) is 5.33. The molecule has 28 heavy (non-hydrogen) atoms. The Morgan fingerprint density at radius 2 is 1.96 bits per heavy atom. The second-order valence-corrected chi connectivity index (χ2v) is 6.18. The molecule has 0 radical (unpaired) electrons. The summed E-state index contributed by atoms with van der Waals surface area (Å²) in [6, 6.07) is 12.1. The topological polar surface area (TPSA) is 82.6 Å². The summed E-state index contributed by atoms with van der Waals surface area (Å²) >= 11 is 5.94. The van der Waals surface area contributed by atoms with E-state index in [-0.39, 0.29) is 6.61 Å². The molecule has 0 saturated heterocycles. The van der Waals surface area contributed by atoms with Crippen LogP contribution in [-0.4, -0.2) is 28.6 Å². The number of ether oxygens (including phenoxy) is 2. The number of hydroxylamine groups is 1. The largest absolute Gasteiger partial charge is 0.481 e. The van der Waals surface area contributed by atoms with Crippen molar-refractivity contribution in [3.05, 3.63) is 66.3 Å². The van der Waals surface area contributed by atoms with Gasteiger partial charge in [0.25, 0.3) is 5.91 Å². The summed E-state index contributed by atoms with van der Waals surface area (Å²) in [7, 11) is 0. The van der Waals surface area contributed by atoms with Gasteiger partial charge in [-0.05, 0) is 49.4 Å². The molecule has 0 saturated carbocycles. The van der Waals surface area contributed by atoms with E-state index in [0.717, 1.165) is 0 Å². The Morgan fingerprint density at radius 1 is 1.21 bits per heavy atom. The van der Waals surface area contributed by atoms with E-state index < -0.39 is 12.0 Å². The fourth-order valence-electron chi connectivity index (χ4n) is 2.24. The molecule has 7 nitrogen and oxygen atoms in total. The van der Waals surface area contributed by atoms with Crippen LogP contribution >= 0.6 is 11.6 Å². The van der Waals surface area contributed by atoms with Crippen molar-refractivity contribution in [3.63, 3.8) is 0 Å². The average molecular weight is 400 g/mol. The van der Waals surface area contributed by atoms with Gasteiger partial charge in [-0.15, -0.1) is 6.58 Å². The van der Waals surface area contributed by atoms with Crippen molar-refractivity contribution < 1.29 is 19.1 Å². The SMILES string of the molecule is C=CCONC(=O)[C@@H](C)Oc1ccc(Oc2cnc3cc(Cl)ccc3n2)cc1. The second kappa shape index (κ2) is 9.16. The molecular weight excluding hydrogens is 382 g/mol. The Labute approximate surface area is 166 Å². The van der Waals surface area contributed by atoms with Gasteiger partial charge in [-0.1, -0.05) is 17.7 Å². The molecule has 3 aromatic rings. The number of amides is 1. The zero-order valence-electron chi connectivity index (χ0n) is 15.1. The van der Waals surface area contributed by atoms with Gasteiger partial charge in [0.05, 0.1) is 23.8 Å². The molecule has 0 bridgehead atoms. The number of fused-ring (bicyclic) bond motifs is 1. The summed E-state index contributed by atoms with van der Waals surface area (Å²) in [5.41, 5.74) is 3.65. The second-order valence-electron chi connectivity index (χ2n) is 5.74. The highest BCUT2D eigenvalue weighted by molar-refractivity contribution is 6.31. The molecule has 0 unspecified atom stereocenters. The molecule has 0 aliphatic heterocycles. The standard InChI is InChI=1S/C20H18ClN3O4/c1-3-10-26-24-20(25)13(2)27-15-5-7-16(8-6-15)28-19-12-22-18-11-14(21)4-9-17(18)23-19/h3-9,11-13H,1,10H2,2H3,(H,24,25)/t13-/m1/s1. The van der Waals surface area contributed by atoms with Crippen molar-refractivity contribution in [3.8, 4) is 17.4 Å². The van der Waals surface area contributed by atoms with Gasteiger partial charge in [0, 0.05) is 5.02 Å². The Morgan fingerprint density at radius 3 is 2.71 bits per heavy atom. The molecule has 1 heterocycles. The Kier molecular flexibility index (Phi) is 6.41. The van der Waals surface area contributed by atoms with Gasteiger partial charge in [0.1, 0.15) is 11.5 Å². The zero-order valence-corrected chi connectivity index (χ0v) is 15.8. The van der Waals surface area contributed by atoms with Crippen LogP contribution in [0.5, 0.6) is 17.4 Å². The molecule has 0 aliphatic carbocycles. The Hall–Kier alpha value is -3.16. The molecule has 1 atom stereocenters. The van der Waals surface area contributed by atoms with Gasteiger partial charge < -0.3 is 9.47 Å². The van der Waals surface area contributed by atoms with Crippen LogP contribution in [0, 0.1) is 0 Å². The van der Waals surface area contributed by atoms with Crippen molar-refractivity contribution >= 4 is 28.5 Å². The molecular formula is C20H18ClN3O4. The lowest BCUT2D eigenvalue weighted by molar-refractivity contribution is -0.139. The highest BCUT2D eigenvalue weighted by Crippen LogP contribution is 2.24. The van der Waals surface area contributed by atoms with E-state index in [1.54, 1.807) is 49.4 Å². The van der Waals surface area contributed by atoms with E-state index in [9.17, 15) is 4.79 Å². The monoisotopic (exact) mass is 399 g/mol. The number of benzene rings is 2. The molecule has 3 rings (SSSR count). The van der Waals surface area contributed by atoms with Gasteiger partial charge in [-0.3, -0.25) is 9.63 Å². The number of carbonyl (C=O) groups excluding carboxylic acids is 1. The van der Waals surface area contributed by atoms with Gasteiger partial charge in [0.2, 0.25) is 5.88 Å². The van der Waals surface area contributed by atoms with E-state index in [1.165, 1.54) is 12.3 Å². The van der Waals surface area contributed by atoms with Crippen LogP contribution in [0.2, 0.25) is 5.02 Å². The first-order valence-corrected chi connectivity index (χ1v) is 8.82. The first kappa shape index (κ1) is 19.6. The molecule has 0 aliphatic rings. The number of rotatable bonds is 8. The summed E-state index contributed by atoms with van der Waals surface area (Å²) in [6.07, 6.45) is 2.33. The van der Waals surface area contributed by atoms with Crippen LogP contribution in [0.15, 0.2) is 61.3 Å². The van der Waals surface area contributed by atoms with Crippen LogP contribution < -0.4 is 15.0 Å². The van der Waals surface area contributed by atoms with E-state index in [0.29, 0.717) is 33.4 Å². The average Bonchev–Trinajstić information content (AvgIpc) is 2.69. The molecule has 0 fully saturated rings. The number of halogens is 1. The van der Waals surface area contributed by atoms with Crippen LogP contribution in [0.3, 0.4) is 0 Å². The third-order valence-electron chi connectivity index (χ3n) is 3.58. The number of hydrogen-bond acceptors (Lipinski definition) is 6. The van der Waals surface area contributed by atoms with Gasteiger partial charge in [-0.25, -0.2) is 15.4 Å². The van der Waals surface area contributed by atoms with Crippen molar-refractivity contribution in [1.82, 2.24) is 15.4 Å². The Bertz CT molecular complexity index is 979. The number of hydrogen-bond donors (Lipinski definition) is 1. The number of nitrogens with zero attached hydrogens (tertiary/aromatic N) is 2. The maximum atomic E-state index is 11.8. The fourth-order valence-corrected chi connectivity index (χ4v) is 2.40. The quantitative estimate of drug-likeness (QED) is 0.349. The maximum Gasteiger partial charge on any atom is 0.284 e. The van der Waals surface area contributed by atoms with Crippen LogP contribution in [0.25, 0.3) is 11.0 Å². The molecule has 1 aromatic heterocycles. The fraction of sp³-hybridized carbons (Fsp3) is 0.150. The summed E-state index contributed by atoms with van der Waals surface area (Å²) in [4.78, 5) is 25.4. The normalized spacial score (nSPS) is 11.6. The zero-order chi connectivity index (χ0) is 19.9. The number of nitrogens with one attached hydrogen (secondary N) is 1. The van der Waals surface area contributed by atoms with E-state index >= 15 is 0 Å². The number of aromatic nitrogens is 2.